The van der Waals surface area contributed by atoms with E-state index in [4.69, 9.17) is 9.47 Å². The molecule has 0 unspecified atom stereocenters. The molecular weight excluding hydrogens is 561 g/mol. The van der Waals surface area contributed by atoms with Crippen LogP contribution in [-0.4, -0.2) is 60.3 Å². The SMILES string of the molecule is CC(C)[C@H](NC(=O)COc1cccc2ccccc12)C(=O)N[C@@H](CC(=O)O)C(=O)COc1ccc(OC(F)(F)F)cc1. The molecule has 13 heteroatoms. The van der Waals surface area contributed by atoms with Crippen LogP contribution >= 0.6 is 0 Å². The summed E-state index contributed by atoms with van der Waals surface area (Å²) in [6, 6.07) is 14.4. The van der Waals surface area contributed by atoms with Gasteiger partial charge in [0.1, 0.15) is 35.9 Å². The number of rotatable bonds is 14. The summed E-state index contributed by atoms with van der Waals surface area (Å²) in [5.74, 6) is -4.05. The molecule has 3 N–H and O–H groups in total. The Hall–Kier alpha value is -4.81. The minimum Gasteiger partial charge on any atom is -0.486 e. The van der Waals surface area contributed by atoms with Gasteiger partial charge in [0.25, 0.3) is 5.91 Å². The smallest absolute Gasteiger partial charge is 0.486 e. The summed E-state index contributed by atoms with van der Waals surface area (Å²) in [6.07, 6.45) is -5.65. The number of carboxylic acid groups (broad SMARTS) is 1. The van der Waals surface area contributed by atoms with Gasteiger partial charge in [0.05, 0.1) is 6.42 Å². The van der Waals surface area contributed by atoms with Crippen molar-refractivity contribution in [3.63, 3.8) is 0 Å². The lowest BCUT2D eigenvalue weighted by Crippen LogP contribution is -2.55. The number of aliphatic carboxylic acids is 1. The van der Waals surface area contributed by atoms with Crippen molar-refractivity contribution < 1.29 is 51.7 Å². The first-order valence-electron chi connectivity index (χ1n) is 12.8. The van der Waals surface area contributed by atoms with E-state index >= 15 is 0 Å². The van der Waals surface area contributed by atoms with E-state index in [9.17, 15) is 37.5 Å². The molecule has 0 aliphatic rings. The van der Waals surface area contributed by atoms with E-state index in [2.05, 4.69) is 15.4 Å². The van der Waals surface area contributed by atoms with Gasteiger partial charge in [-0.05, 0) is 41.6 Å². The number of halogens is 3. The average Bonchev–Trinajstić information content (AvgIpc) is 2.92. The molecule has 0 aliphatic heterocycles. The summed E-state index contributed by atoms with van der Waals surface area (Å²) in [6.45, 7) is 2.22. The third-order valence-electron chi connectivity index (χ3n) is 5.90. The molecule has 42 heavy (non-hydrogen) atoms. The van der Waals surface area contributed by atoms with Gasteiger partial charge in [0, 0.05) is 5.39 Å². The van der Waals surface area contributed by atoms with Gasteiger partial charge in [-0.2, -0.15) is 0 Å². The van der Waals surface area contributed by atoms with Crippen LogP contribution in [0.15, 0.2) is 66.7 Å². The van der Waals surface area contributed by atoms with Crippen molar-refractivity contribution in [3.05, 3.63) is 66.7 Å². The van der Waals surface area contributed by atoms with Gasteiger partial charge in [-0.25, -0.2) is 0 Å². The molecule has 3 aromatic carbocycles. The van der Waals surface area contributed by atoms with E-state index in [0.717, 1.165) is 35.0 Å². The Morgan fingerprint density at radius 2 is 1.48 bits per heavy atom. The van der Waals surface area contributed by atoms with Gasteiger partial charge < -0.3 is 30.0 Å². The van der Waals surface area contributed by atoms with E-state index < -0.39 is 73.3 Å². The first kappa shape index (κ1) is 31.7. The Morgan fingerprint density at radius 1 is 0.833 bits per heavy atom. The summed E-state index contributed by atoms with van der Waals surface area (Å²) < 4.78 is 51.6. The van der Waals surface area contributed by atoms with Crippen molar-refractivity contribution in [1.82, 2.24) is 10.6 Å². The third-order valence-corrected chi connectivity index (χ3v) is 5.90. The molecule has 0 saturated carbocycles. The summed E-state index contributed by atoms with van der Waals surface area (Å²) >= 11 is 0. The predicted octanol–water partition coefficient (Wildman–Crippen LogP) is 3.87. The number of alkyl halides is 3. The van der Waals surface area contributed by atoms with Crippen molar-refractivity contribution in [1.29, 1.82) is 0 Å². The maximum atomic E-state index is 13.0. The number of ether oxygens (including phenoxy) is 3. The lowest BCUT2D eigenvalue weighted by molar-refractivity contribution is -0.274. The minimum atomic E-state index is -4.88. The molecule has 0 saturated heterocycles. The molecule has 2 atom stereocenters. The van der Waals surface area contributed by atoms with Crippen LogP contribution in [0.3, 0.4) is 0 Å². The van der Waals surface area contributed by atoms with Gasteiger partial charge in [0.2, 0.25) is 5.91 Å². The normalized spacial score (nSPS) is 12.7. The van der Waals surface area contributed by atoms with E-state index in [0.29, 0.717) is 5.75 Å². The number of carbonyl (C=O) groups excluding carboxylic acids is 3. The zero-order chi connectivity index (χ0) is 30.9. The van der Waals surface area contributed by atoms with Crippen LogP contribution in [0, 0.1) is 5.92 Å². The van der Waals surface area contributed by atoms with Crippen molar-refractivity contribution in [2.24, 2.45) is 5.92 Å². The Labute approximate surface area is 238 Å². The number of ketones is 1. The summed E-state index contributed by atoms with van der Waals surface area (Å²) in [5.41, 5.74) is 0. The molecule has 0 aliphatic carbocycles. The second-order valence-corrected chi connectivity index (χ2v) is 9.49. The maximum Gasteiger partial charge on any atom is 0.573 e. The van der Waals surface area contributed by atoms with E-state index in [-0.39, 0.29) is 5.75 Å². The molecule has 3 rings (SSSR count). The van der Waals surface area contributed by atoms with Gasteiger partial charge >= 0.3 is 12.3 Å². The molecule has 0 radical (unpaired) electrons. The summed E-state index contributed by atoms with van der Waals surface area (Å²) in [4.78, 5) is 49.8. The lowest BCUT2D eigenvalue weighted by atomic mass is 10.0. The highest BCUT2D eigenvalue weighted by molar-refractivity contribution is 5.95. The van der Waals surface area contributed by atoms with Crippen LogP contribution in [0.2, 0.25) is 0 Å². The largest absolute Gasteiger partial charge is 0.573 e. The molecule has 0 aromatic heterocycles. The Bertz CT molecular complexity index is 1400. The standard InChI is InChI=1S/C29H29F3N2O8/c1-17(2)27(34-25(36)16-41-24-9-5-7-18-6-3-4-8-21(18)24)28(39)33-22(14-26(37)38)23(35)15-40-19-10-12-20(13-11-19)42-29(30,31)32/h3-13,17,22,27H,14-16H2,1-2H3,(H,33,39)(H,34,36)(H,37,38)/t22-,27-/m0/s1. The number of benzene rings is 3. The third kappa shape index (κ3) is 9.68. The molecule has 10 nitrogen and oxygen atoms in total. The first-order valence-corrected chi connectivity index (χ1v) is 12.8. The van der Waals surface area contributed by atoms with E-state index in [1.807, 2.05) is 30.3 Å². The molecule has 224 valence electrons. The lowest BCUT2D eigenvalue weighted by Gasteiger charge is -2.24. The summed E-state index contributed by atoms with van der Waals surface area (Å²) in [7, 11) is 0. The van der Waals surface area contributed by atoms with E-state index in [1.54, 1.807) is 26.0 Å². The highest BCUT2D eigenvalue weighted by Crippen LogP contribution is 2.26. The molecular formula is C29H29F3N2O8. The Kier molecular flexibility index (Phi) is 10.7. The zero-order valence-electron chi connectivity index (χ0n) is 22.6. The van der Waals surface area contributed by atoms with Crippen LogP contribution in [0.4, 0.5) is 13.2 Å². The number of fused-ring (bicyclic) bond motifs is 1. The van der Waals surface area contributed by atoms with Crippen LogP contribution in [0.25, 0.3) is 10.8 Å². The van der Waals surface area contributed by atoms with Crippen LogP contribution in [0.1, 0.15) is 20.3 Å². The van der Waals surface area contributed by atoms with Crippen LogP contribution in [0.5, 0.6) is 17.2 Å². The van der Waals surface area contributed by atoms with Gasteiger partial charge in [-0.3, -0.25) is 19.2 Å². The quantitative estimate of drug-likeness (QED) is 0.257. The molecule has 0 heterocycles. The Morgan fingerprint density at radius 3 is 2.12 bits per heavy atom. The first-order chi connectivity index (χ1) is 19.8. The second kappa shape index (κ2) is 14.2. The highest BCUT2D eigenvalue weighted by atomic mass is 19.4. The minimum absolute atomic E-state index is 0.0109. The Balaban J connectivity index is 1.59. The molecule has 0 bridgehead atoms. The van der Waals surface area contributed by atoms with Gasteiger partial charge in [0.15, 0.2) is 12.4 Å². The van der Waals surface area contributed by atoms with Crippen LogP contribution < -0.4 is 24.8 Å². The van der Waals surface area contributed by atoms with Crippen molar-refractivity contribution in [2.75, 3.05) is 13.2 Å². The predicted molar refractivity (Wildman–Crippen MR) is 144 cm³/mol. The zero-order valence-corrected chi connectivity index (χ0v) is 22.6. The topological polar surface area (TPSA) is 140 Å². The fourth-order valence-corrected chi connectivity index (χ4v) is 3.89. The van der Waals surface area contributed by atoms with Gasteiger partial charge in [-0.15, -0.1) is 13.2 Å². The summed E-state index contributed by atoms with van der Waals surface area (Å²) in [5, 5.41) is 15.9. The average molecular weight is 591 g/mol. The van der Waals surface area contributed by atoms with Gasteiger partial charge in [-0.1, -0.05) is 50.2 Å². The number of amides is 2. The maximum absolute atomic E-state index is 13.0. The number of hydrogen-bond donors (Lipinski definition) is 3. The van der Waals surface area contributed by atoms with E-state index in [1.165, 1.54) is 0 Å². The number of carboxylic acids is 1. The molecule has 3 aromatic rings. The second-order valence-electron chi connectivity index (χ2n) is 9.49. The van der Waals surface area contributed by atoms with Crippen molar-refractivity contribution in [3.8, 4) is 17.2 Å². The van der Waals surface area contributed by atoms with Crippen molar-refractivity contribution >= 4 is 34.3 Å². The number of hydrogen-bond acceptors (Lipinski definition) is 7. The monoisotopic (exact) mass is 590 g/mol. The molecule has 0 spiro atoms. The molecule has 0 fully saturated rings. The fraction of sp³-hybridized carbons (Fsp3) is 0.310. The highest BCUT2D eigenvalue weighted by Gasteiger charge is 2.32. The molecule has 2 amide bonds. The van der Waals surface area contributed by atoms with Crippen molar-refractivity contribution in [2.45, 2.75) is 38.7 Å². The fourth-order valence-electron chi connectivity index (χ4n) is 3.89. The number of nitrogens with one attached hydrogen (secondary N) is 2. The van der Waals surface area contributed by atoms with Crippen LogP contribution in [-0.2, 0) is 19.2 Å². The number of Topliss-reactive ketones (excluding diaryl/α,β-unsaturated/α-hetero) is 1. The number of carbonyl (C=O) groups is 4.